The van der Waals surface area contributed by atoms with E-state index < -0.39 is 0 Å². The Morgan fingerprint density at radius 1 is 0.704 bits per heavy atom. The van der Waals surface area contributed by atoms with Crippen molar-refractivity contribution in [3.05, 3.63) is 29.8 Å². The summed E-state index contributed by atoms with van der Waals surface area (Å²) < 4.78 is 0. The van der Waals surface area contributed by atoms with Gasteiger partial charge in [0.1, 0.15) is 5.75 Å². The van der Waals surface area contributed by atoms with Gasteiger partial charge in [0.05, 0.1) is 0 Å². The highest BCUT2D eigenvalue weighted by atomic mass is 16.3. The van der Waals surface area contributed by atoms with Crippen molar-refractivity contribution in [1.82, 2.24) is 0 Å². The highest BCUT2D eigenvalue weighted by Crippen LogP contribution is 2.39. The van der Waals surface area contributed by atoms with Gasteiger partial charge >= 0.3 is 0 Å². The Hall–Kier alpha value is -0.980. The number of phenols is 1. The summed E-state index contributed by atoms with van der Waals surface area (Å²) in [5, 5.41) is 9.49. The maximum absolute atomic E-state index is 9.49. The number of benzene rings is 1. The van der Waals surface area contributed by atoms with Crippen LogP contribution >= 0.6 is 0 Å². The van der Waals surface area contributed by atoms with E-state index in [1.54, 1.807) is 0 Å². The van der Waals surface area contributed by atoms with Gasteiger partial charge in [0.25, 0.3) is 0 Å². The Labute approximate surface area is 170 Å². The van der Waals surface area contributed by atoms with Crippen molar-refractivity contribution in [2.75, 3.05) is 0 Å². The Balaban J connectivity index is 2.63. The molecule has 0 amide bonds. The zero-order valence-electron chi connectivity index (χ0n) is 19.3. The summed E-state index contributed by atoms with van der Waals surface area (Å²) in [6.45, 7) is 16.8. The van der Waals surface area contributed by atoms with E-state index in [1.165, 1.54) is 56.9 Å². The van der Waals surface area contributed by atoms with Gasteiger partial charge in [-0.15, -0.1) is 0 Å². The summed E-state index contributed by atoms with van der Waals surface area (Å²) in [4.78, 5) is 0. The zero-order chi connectivity index (χ0) is 20.5. The van der Waals surface area contributed by atoms with Crippen molar-refractivity contribution in [2.24, 2.45) is 22.7 Å². The Morgan fingerprint density at radius 3 is 1.70 bits per heavy atom. The molecule has 2 atom stereocenters. The first-order valence-electron chi connectivity index (χ1n) is 11.3. The SMILES string of the molecule is CCCCCCC(CCC(CCc1ccc(O)cc1)C(C)(C)C)C(C)(C)C. The van der Waals surface area contributed by atoms with Crippen LogP contribution in [0.15, 0.2) is 24.3 Å². The molecule has 156 valence electrons. The quantitative estimate of drug-likeness (QED) is 0.385. The predicted octanol–water partition coefficient (Wildman–Crippen LogP) is 8.40. The summed E-state index contributed by atoms with van der Waals surface area (Å²) in [6, 6.07) is 7.77. The number of unbranched alkanes of at least 4 members (excludes halogenated alkanes) is 3. The molecule has 0 spiro atoms. The lowest BCUT2D eigenvalue weighted by atomic mass is 9.70. The number of hydrogen-bond acceptors (Lipinski definition) is 1. The van der Waals surface area contributed by atoms with Crippen LogP contribution in [0.4, 0.5) is 0 Å². The molecule has 1 heteroatoms. The highest BCUT2D eigenvalue weighted by molar-refractivity contribution is 5.25. The molecule has 0 saturated carbocycles. The third-order valence-corrected chi connectivity index (χ3v) is 6.44. The summed E-state index contributed by atoms with van der Waals surface area (Å²) in [6.07, 6.45) is 11.9. The lowest BCUT2D eigenvalue weighted by molar-refractivity contribution is 0.152. The lowest BCUT2D eigenvalue weighted by Gasteiger charge is -2.36. The molecule has 0 saturated heterocycles. The molecule has 0 aliphatic carbocycles. The maximum Gasteiger partial charge on any atom is 0.115 e. The van der Waals surface area contributed by atoms with E-state index in [2.05, 4.69) is 60.6 Å². The van der Waals surface area contributed by atoms with E-state index in [-0.39, 0.29) is 0 Å². The van der Waals surface area contributed by atoms with Crippen molar-refractivity contribution in [3.63, 3.8) is 0 Å². The minimum atomic E-state index is 0.349. The van der Waals surface area contributed by atoms with Gasteiger partial charge in [0.15, 0.2) is 0 Å². The second-order valence-electron chi connectivity index (χ2n) is 10.8. The molecule has 27 heavy (non-hydrogen) atoms. The van der Waals surface area contributed by atoms with Gasteiger partial charge in [-0.1, -0.05) is 86.3 Å². The number of hydrogen-bond donors (Lipinski definition) is 1. The van der Waals surface area contributed by atoms with Crippen LogP contribution in [0.2, 0.25) is 0 Å². The number of rotatable bonds is 11. The molecule has 0 radical (unpaired) electrons. The van der Waals surface area contributed by atoms with E-state index in [0.29, 0.717) is 16.6 Å². The monoisotopic (exact) mass is 374 g/mol. The van der Waals surface area contributed by atoms with Crippen molar-refractivity contribution in [1.29, 1.82) is 0 Å². The smallest absolute Gasteiger partial charge is 0.115 e. The predicted molar refractivity (Wildman–Crippen MR) is 120 cm³/mol. The van der Waals surface area contributed by atoms with E-state index in [0.717, 1.165) is 18.3 Å². The van der Waals surface area contributed by atoms with Crippen LogP contribution < -0.4 is 0 Å². The van der Waals surface area contributed by atoms with Crippen LogP contribution in [0.1, 0.15) is 105 Å². The summed E-state index contributed by atoms with van der Waals surface area (Å²) in [5.41, 5.74) is 2.10. The molecule has 0 aliphatic heterocycles. The minimum Gasteiger partial charge on any atom is -0.508 e. The maximum atomic E-state index is 9.49. The van der Waals surface area contributed by atoms with E-state index in [4.69, 9.17) is 0 Å². The van der Waals surface area contributed by atoms with Crippen molar-refractivity contribution in [3.8, 4) is 5.75 Å². The first-order chi connectivity index (χ1) is 12.5. The molecule has 1 aromatic carbocycles. The van der Waals surface area contributed by atoms with Gasteiger partial charge in [0, 0.05) is 0 Å². The topological polar surface area (TPSA) is 20.2 Å². The highest BCUT2D eigenvalue weighted by Gasteiger charge is 2.29. The van der Waals surface area contributed by atoms with E-state index in [9.17, 15) is 5.11 Å². The fraction of sp³-hybridized carbons (Fsp3) is 0.769. The second kappa shape index (κ2) is 11.1. The molecular weight excluding hydrogens is 328 g/mol. The molecule has 0 bridgehead atoms. The normalized spacial score (nSPS) is 14.9. The van der Waals surface area contributed by atoms with Crippen molar-refractivity contribution >= 4 is 0 Å². The molecule has 0 aromatic heterocycles. The Kier molecular flexibility index (Phi) is 9.91. The summed E-state index contributed by atoms with van der Waals surface area (Å²) in [5.74, 6) is 1.93. The van der Waals surface area contributed by atoms with Gasteiger partial charge in [-0.2, -0.15) is 0 Å². The fourth-order valence-corrected chi connectivity index (χ4v) is 4.24. The average Bonchev–Trinajstić information content (AvgIpc) is 2.55. The molecule has 1 nitrogen and oxygen atoms in total. The van der Waals surface area contributed by atoms with Crippen LogP contribution in [0.25, 0.3) is 0 Å². The standard InChI is InChI=1S/C26H46O/c1-8-9-10-11-12-22(25(2,3)4)17-18-23(26(5,6)7)16-13-21-14-19-24(27)20-15-21/h14-15,19-20,22-23,27H,8-13,16-18H2,1-7H3. The van der Waals surface area contributed by atoms with Gasteiger partial charge in [0.2, 0.25) is 0 Å². The van der Waals surface area contributed by atoms with Crippen molar-refractivity contribution in [2.45, 2.75) is 106 Å². The van der Waals surface area contributed by atoms with Crippen LogP contribution in [-0.4, -0.2) is 5.11 Å². The average molecular weight is 375 g/mol. The molecule has 1 N–H and O–H groups in total. The number of phenolic OH excluding ortho intramolecular Hbond substituents is 1. The van der Waals surface area contributed by atoms with E-state index in [1.807, 2.05) is 12.1 Å². The van der Waals surface area contributed by atoms with Crippen molar-refractivity contribution < 1.29 is 5.11 Å². The van der Waals surface area contributed by atoms with Gasteiger partial charge < -0.3 is 5.11 Å². The summed E-state index contributed by atoms with van der Waals surface area (Å²) >= 11 is 0. The van der Waals surface area contributed by atoms with Gasteiger partial charge in [-0.25, -0.2) is 0 Å². The first kappa shape index (κ1) is 24.1. The molecule has 0 heterocycles. The van der Waals surface area contributed by atoms with Crippen LogP contribution in [-0.2, 0) is 6.42 Å². The summed E-state index contributed by atoms with van der Waals surface area (Å²) in [7, 11) is 0. The second-order valence-corrected chi connectivity index (χ2v) is 10.8. The fourth-order valence-electron chi connectivity index (χ4n) is 4.24. The molecular formula is C26H46O. The third kappa shape index (κ3) is 9.67. The number of aromatic hydroxyl groups is 1. The van der Waals surface area contributed by atoms with Crippen LogP contribution in [0.3, 0.4) is 0 Å². The van der Waals surface area contributed by atoms with Crippen LogP contribution in [0, 0.1) is 22.7 Å². The Morgan fingerprint density at radius 2 is 1.22 bits per heavy atom. The minimum absolute atomic E-state index is 0.349. The molecule has 0 fully saturated rings. The molecule has 1 aromatic rings. The molecule has 2 unspecified atom stereocenters. The van der Waals surface area contributed by atoms with Gasteiger partial charge in [-0.05, 0) is 72.5 Å². The van der Waals surface area contributed by atoms with Gasteiger partial charge in [-0.3, -0.25) is 0 Å². The van der Waals surface area contributed by atoms with E-state index >= 15 is 0 Å². The lowest BCUT2D eigenvalue weighted by Crippen LogP contribution is -2.25. The number of aryl methyl sites for hydroxylation is 1. The molecule has 0 aliphatic rings. The molecule has 1 rings (SSSR count). The first-order valence-corrected chi connectivity index (χ1v) is 11.3. The Bertz CT molecular complexity index is 500. The largest absolute Gasteiger partial charge is 0.508 e. The van der Waals surface area contributed by atoms with Crippen LogP contribution in [0.5, 0.6) is 5.75 Å². The zero-order valence-corrected chi connectivity index (χ0v) is 19.3. The third-order valence-electron chi connectivity index (χ3n) is 6.44.